The summed E-state index contributed by atoms with van der Waals surface area (Å²) in [5.41, 5.74) is 2.23. The van der Waals surface area contributed by atoms with Crippen LogP contribution in [-0.4, -0.2) is 30.1 Å². The van der Waals surface area contributed by atoms with Crippen LogP contribution in [-0.2, 0) is 17.9 Å². The van der Waals surface area contributed by atoms with Gasteiger partial charge in [-0.3, -0.25) is 9.69 Å². The largest absolute Gasteiger partial charge is 0.391 e. The van der Waals surface area contributed by atoms with Crippen LogP contribution in [0.5, 0.6) is 0 Å². The molecule has 2 unspecified atom stereocenters. The molecule has 0 radical (unpaired) electrons. The molecule has 1 saturated heterocycles. The first-order chi connectivity index (χ1) is 13.4. The van der Waals surface area contributed by atoms with E-state index in [0.717, 1.165) is 25.2 Å². The van der Waals surface area contributed by atoms with Gasteiger partial charge >= 0.3 is 6.18 Å². The molecule has 2 aliphatic rings. The van der Waals surface area contributed by atoms with Gasteiger partial charge in [0.05, 0.1) is 5.92 Å². The van der Waals surface area contributed by atoms with Crippen LogP contribution in [0.3, 0.4) is 0 Å². The third-order valence-electron chi connectivity index (χ3n) is 6.07. The van der Waals surface area contributed by atoms with E-state index < -0.39 is 18.0 Å². The number of hydrogen-bond acceptors (Lipinski definition) is 2. The summed E-state index contributed by atoms with van der Waals surface area (Å²) in [6.07, 6.45) is 1.99. The molecule has 3 rings (SSSR count). The number of hydrogen-bond donors (Lipinski definition) is 1. The molecule has 2 atom stereocenters. The van der Waals surface area contributed by atoms with E-state index in [1.807, 2.05) is 12.1 Å². The number of nitrogens with zero attached hydrogens (tertiary/aromatic N) is 1. The summed E-state index contributed by atoms with van der Waals surface area (Å²) >= 11 is 0. The lowest BCUT2D eigenvalue weighted by Gasteiger charge is -2.29. The summed E-state index contributed by atoms with van der Waals surface area (Å²) in [7, 11) is 0. The van der Waals surface area contributed by atoms with E-state index in [1.165, 1.54) is 31.2 Å². The molecule has 1 aliphatic heterocycles. The number of carbonyl (C=O) groups excluding carboxylic acids is 1. The minimum absolute atomic E-state index is 0.0790. The lowest BCUT2D eigenvalue weighted by Crippen LogP contribution is -2.37. The molecule has 6 heteroatoms. The second-order valence-corrected chi connectivity index (χ2v) is 8.33. The SMILES string of the molecule is O=C(NCc1cccc(CN2CCCCCC2)c1)C1CCCC(C(F)(F)F)C1. The third kappa shape index (κ3) is 6.23. The number of nitrogens with one attached hydrogen (secondary N) is 1. The third-order valence-corrected chi connectivity index (χ3v) is 6.07. The Labute approximate surface area is 165 Å². The smallest absolute Gasteiger partial charge is 0.352 e. The van der Waals surface area contributed by atoms with Crippen LogP contribution in [0.25, 0.3) is 0 Å². The fraction of sp³-hybridized carbons (Fsp3) is 0.682. The number of benzene rings is 1. The van der Waals surface area contributed by atoms with Gasteiger partial charge in [0.1, 0.15) is 0 Å². The molecule has 0 aromatic heterocycles. The number of halogens is 3. The molecular weight excluding hydrogens is 365 g/mol. The Hall–Kier alpha value is -1.56. The summed E-state index contributed by atoms with van der Waals surface area (Å²) in [4.78, 5) is 14.9. The maximum Gasteiger partial charge on any atom is 0.391 e. The van der Waals surface area contributed by atoms with E-state index >= 15 is 0 Å². The molecule has 1 saturated carbocycles. The summed E-state index contributed by atoms with van der Waals surface area (Å²) in [5.74, 6) is -2.11. The van der Waals surface area contributed by atoms with Gasteiger partial charge in [0.2, 0.25) is 5.91 Å². The molecule has 156 valence electrons. The average molecular weight is 396 g/mol. The number of carbonyl (C=O) groups is 1. The molecule has 28 heavy (non-hydrogen) atoms. The summed E-state index contributed by atoms with van der Waals surface area (Å²) in [6, 6.07) is 8.16. The van der Waals surface area contributed by atoms with E-state index in [1.54, 1.807) is 0 Å². The second kappa shape index (κ2) is 9.77. The van der Waals surface area contributed by atoms with Crippen LogP contribution in [0.4, 0.5) is 13.2 Å². The Bertz CT molecular complexity index is 639. The van der Waals surface area contributed by atoms with Gasteiger partial charge in [0.25, 0.3) is 0 Å². The number of alkyl halides is 3. The van der Waals surface area contributed by atoms with Crippen molar-refractivity contribution < 1.29 is 18.0 Å². The van der Waals surface area contributed by atoms with Crippen LogP contribution in [0.15, 0.2) is 24.3 Å². The van der Waals surface area contributed by atoms with Gasteiger partial charge in [-0.1, -0.05) is 43.5 Å². The van der Waals surface area contributed by atoms with Crippen molar-refractivity contribution in [1.82, 2.24) is 10.2 Å². The molecule has 1 aromatic carbocycles. The van der Waals surface area contributed by atoms with Crippen molar-refractivity contribution in [3.8, 4) is 0 Å². The van der Waals surface area contributed by atoms with Crippen molar-refractivity contribution in [1.29, 1.82) is 0 Å². The molecule has 3 nitrogen and oxygen atoms in total. The maximum absolute atomic E-state index is 13.0. The molecule has 1 aliphatic carbocycles. The number of rotatable bonds is 5. The van der Waals surface area contributed by atoms with Gasteiger partial charge < -0.3 is 5.32 Å². The highest BCUT2D eigenvalue weighted by Gasteiger charge is 2.43. The molecule has 1 heterocycles. The topological polar surface area (TPSA) is 32.3 Å². The fourth-order valence-corrected chi connectivity index (χ4v) is 4.45. The Balaban J connectivity index is 1.50. The second-order valence-electron chi connectivity index (χ2n) is 8.33. The summed E-state index contributed by atoms with van der Waals surface area (Å²) in [6.45, 7) is 3.55. The van der Waals surface area contributed by atoms with Crippen molar-refractivity contribution >= 4 is 5.91 Å². The van der Waals surface area contributed by atoms with Crippen molar-refractivity contribution in [2.45, 2.75) is 70.6 Å². The lowest BCUT2D eigenvalue weighted by atomic mass is 9.80. The maximum atomic E-state index is 13.0. The normalized spacial score (nSPS) is 24.5. The quantitative estimate of drug-likeness (QED) is 0.756. The molecule has 2 fully saturated rings. The zero-order chi connectivity index (χ0) is 20.0. The molecule has 1 N–H and O–H groups in total. The van der Waals surface area contributed by atoms with Crippen LogP contribution >= 0.6 is 0 Å². The standard InChI is InChI=1S/C22H31F3N2O/c23-22(24,25)20-10-6-9-19(14-20)21(28)26-15-17-7-5-8-18(13-17)16-27-11-3-1-2-4-12-27/h5,7-8,13,19-20H,1-4,6,9-12,14-16H2,(H,26,28). The number of likely N-dealkylation sites (tertiary alicyclic amines) is 1. The lowest BCUT2D eigenvalue weighted by molar-refractivity contribution is -0.186. The summed E-state index contributed by atoms with van der Waals surface area (Å²) in [5, 5.41) is 2.86. The molecule has 1 amide bonds. The highest BCUT2D eigenvalue weighted by molar-refractivity contribution is 5.78. The Kier molecular flexibility index (Phi) is 7.38. The van der Waals surface area contributed by atoms with Gasteiger partial charge in [-0.25, -0.2) is 0 Å². The zero-order valence-corrected chi connectivity index (χ0v) is 16.4. The Morgan fingerprint density at radius 2 is 1.75 bits per heavy atom. The zero-order valence-electron chi connectivity index (χ0n) is 16.4. The highest BCUT2D eigenvalue weighted by Crippen LogP contribution is 2.39. The minimum Gasteiger partial charge on any atom is -0.352 e. The number of amides is 1. The minimum atomic E-state index is -4.19. The van der Waals surface area contributed by atoms with Gasteiger partial charge in [0.15, 0.2) is 0 Å². The predicted molar refractivity (Wildman–Crippen MR) is 104 cm³/mol. The van der Waals surface area contributed by atoms with Crippen molar-refractivity contribution in [3.05, 3.63) is 35.4 Å². The predicted octanol–water partition coefficient (Wildman–Crippen LogP) is 5.05. The van der Waals surface area contributed by atoms with E-state index in [0.29, 0.717) is 19.4 Å². The van der Waals surface area contributed by atoms with Crippen LogP contribution in [0.2, 0.25) is 0 Å². The van der Waals surface area contributed by atoms with E-state index in [-0.39, 0.29) is 18.7 Å². The molecule has 0 spiro atoms. The van der Waals surface area contributed by atoms with E-state index in [2.05, 4.69) is 22.3 Å². The first kappa shape index (κ1) is 21.2. The molecule has 1 aromatic rings. The Morgan fingerprint density at radius 1 is 1.04 bits per heavy atom. The Morgan fingerprint density at radius 3 is 2.46 bits per heavy atom. The first-order valence-corrected chi connectivity index (χ1v) is 10.6. The van der Waals surface area contributed by atoms with E-state index in [4.69, 9.17) is 0 Å². The monoisotopic (exact) mass is 396 g/mol. The van der Waals surface area contributed by atoms with E-state index in [9.17, 15) is 18.0 Å². The van der Waals surface area contributed by atoms with Crippen LogP contribution < -0.4 is 5.32 Å². The highest BCUT2D eigenvalue weighted by atomic mass is 19.4. The molecular formula is C22H31F3N2O. The van der Waals surface area contributed by atoms with Gasteiger partial charge in [-0.2, -0.15) is 13.2 Å². The van der Waals surface area contributed by atoms with Crippen molar-refractivity contribution in [2.75, 3.05) is 13.1 Å². The van der Waals surface area contributed by atoms with Crippen molar-refractivity contribution in [3.63, 3.8) is 0 Å². The summed E-state index contributed by atoms with van der Waals surface area (Å²) < 4.78 is 38.9. The van der Waals surface area contributed by atoms with Gasteiger partial charge in [-0.15, -0.1) is 0 Å². The van der Waals surface area contributed by atoms with Crippen LogP contribution in [0, 0.1) is 11.8 Å². The van der Waals surface area contributed by atoms with Crippen molar-refractivity contribution in [2.24, 2.45) is 11.8 Å². The van der Waals surface area contributed by atoms with Crippen LogP contribution in [0.1, 0.15) is 62.5 Å². The first-order valence-electron chi connectivity index (χ1n) is 10.6. The fourth-order valence-electron chi connectivity index (χ4n) is 4.45. The molecule has 0 bridgehead atoms. The van der Waals surface area contributed by atoms with Gasteiger partial charge in [-0.05, 0) is 56.3 Å². The average Bonchev–Trinajstić information content (AvgIpc) is 2.94. The van der Waals surface area contributed by atoms with Gasteiger partial charge in [0, 0.05) is 19.0 Å².